The molecule has 15 heavy (non-hydrogen) atoms. The number of hydrogen-bond acceptors (Lipinski definition) is 5. The van der Waals surface area contributed by atoms with Gasteiger partial charge in [0.05, 0.1) is 32.2 Å². The second-order valence-corrected chi connectivity index (χ2v) is 3.80. The van der Waals surface area contributed by atoms with Gasteiger partial charge in [0.2, 0.25) is 0 Å². The minimum atomic E-state index is -0.632. The van der Waals surface area contributed by atoms with Crippen molar-refractivity contribution in [3.05, 3.63) is 0 Å². The zero-order valence-corrected chi connectivity index (χ0v) is 8.93. The van der Waals surface area contributed by atoms with E-state index in [1.165, 1.54) is 14.2 Å². The second-order valence-electron chi connectivity index (χ2n) is 3.80. The SMILES string of the molecule is COC(=O)[C@H]1CC(O)C[C@H](C(=O)OC)C1. The minimum absolute atomic E-state index is 0.361. The van der Waals surface area contributed by atoms with Crippen LogP contribution in [0.1, 0.15) is 19.3 Å². The fraction of sp³-hybridized carbons (Fsp3) is 0.800. The molecular formula is C10H16O5. The molecule has 1 saturated carbocycles. The molecule has 0 aromatic heterocycles. The molecule has 5 nitrogen and oxygen atoms in total. The highest BCUT2D eigenvalue weighted by Crippen LogP contribution is 2.30. The van der Waals surface area contributed by atoms with Gasteiger partial charge in [0.1, 0.15) is 0 Å². The highest BCUT2D eigenvalue weighted by Gasteiger charge is 2.36. The standard InChI is InChI=1S/C10H16O5/c1-14-9(12)6-3-7(10(13)15-2)5-8(11)4-6/h6-8,11H,3-5H2,1-2H3/t6-,7-/m1/s1. The number of methoxy groups -OCH3 is 2. The van der Waals surface area contributed by atoms with Crippen molar-refractivity contribution in [2.24, 2.45) is 11.8 Å². The monoisotopic (exact) mass is 216 g/mol. The number of aliphatic hydroxyl groups is 1. The van der Waals surface area contributed by atoms with Crippen LogP contribution < -0.4 is 0 Å². The molecule has 2 atom stereocenters. The quantitative estimate of drug-likeness (QED) is 0.663. The van der Waals surface area contributed by atoms with E-state index in [-0.39, 0.29) is 11.9 Å². The van der Waals surface area contributed by atoms with E-state index < -0.39 is 17.9 Å². The summed E-state index contributed by atoms with van der Waals surface area (Å²) in [6.07, 6.45) is 0.489. The average molecular weight is 216 g/mol. The van der Waals surface area contributed by atoms with E-state index in [0.29, 0.717) is 19.3 Å². The summed E-state index contributed by atoms with van der Waals surface area (Å²) in [5, 5.41) is 9.52. The third-order valence-electron chi connectivity index (χ3n) is 2.75. The van der Waals surface area contributed by atoms with Gasteiger partial charge in [-0.3, -0.25) is 9.59 Å². The largest absolute Gasteiger partial charge is 0.469 e. The van der Waals surface area contributed by atoms with Gasteiger partial charge in [-0.15, -0.1) is 0 Å². The van der Waals surface area contributed by atoms with Crippen LogP contribution in [0.4, 0.5) is 0 Å². The highest BCUT2D eigenvalue weighted by atomic mass is 16.5. The molecule has 1 rings (SSSR count). The molecule has 0 bridgehead atoms. The fourth-order valence-electron chi connectivity index (χ4n) is 2.01. The van der Waals surface area contributed by atoms with Gasteiger partial charge in [0, 0.05) is 0 Å². The summed E-state index contributed by atoms with van der Waals surface area (Å²) in [7, 11) is 2.60. The van der Waals surface area contributed by atoms with Gasteiger partial charge >= 0.3 is 11.9 Å². The predicted octanol–water partition coefficient (Wildman–Crippen LogP) is 0.110. The lowest BCUT2D eigenvalue weighted by Gasteiger charge is -2.29. The molecule has 0 aliphatic heterocycles. The lowest BCUT2D eigenvalue weighted by molar-refractivity contribution is -0.154. The van der Waals surface area contributed by atoms with Gasteiger partial charge in [0.25, 0.3) is 0 Å². The maximum atomic E-state index is 11.3. The molecule has 1 fully saturated rings. The molecule has 1 N–H and O–H groups in total. The van der Waals surface area contributed by atoms with Crippen molar-refractivity contribution in [1.29, 1.82) is 0 Å². The third kappa shape index (κ3) is 2.92. The van der Waals surface area contributed by atoms with Crippen molar-refractivity contribution in [2.75, 3.05) is 14.2 Å². The molecular weight excluding hydrogens is 200 g/mol. The molecule has 1 aliphatic carbocycles. The number of aliphatic hydroxyl groups excluding tert-OH is 1. The summed E-state index contributed by atoms with van der Waals surface area (Å²) in [6, 6.07) is 0. The topological polar surface area (TPSA) is 72.8 Å². The van der Waals surface area contributed by atoms with Crippen LogP contribution in [0.3, 0.4) is 0 Å². The minimum Gasteiger partial charge on any atom is -0.469 e. The summed E-state index contributed by atoms with van der Waals surface area (Å²) in [5.41, 5.74) is 0. The van der Waals surface area contributed by atoms with E-state index in [1.807, 2.05) is 0 Å². The number of hydrogen-bond donors (Lipinski definition) is 1. The van der Waals surface area contributed by atoms with Crippen LogP contribution in [0.25, 0.3) is 0 Å². The van der Waals surface area contributed by atoms with Crippen LogP contribution in [-0.2, 0) is 19.1 Å². The lowest BCUT2D eigenvalue weighted by atomic mass is 9.80. The molecule has 0 amide bonds. The summed E-state index contributed by atoms with van der Waals surface area (Å²) in [6.45, 7) is 0. The van der Waals surface area contributed by atoms with Gasteiger partial charge in [0.15, 0.2) is 0 Å². The Morgan fingerprint density at radius 2 is 1.40 bits per heavy atom. The van der Waals surface area contributed by atoms with Crippen LogP contribution in [-0.4, -0.2) is 37.4 Å². The molecule has 0 aromatic rings. The molecule has 0 saturated heterocycles. The first-order chi connectivity index (χ1) is 7.08. The maximum absolute atomic E-state index is 11.3. The van der Waals surface area contributed by atoms with Crippen LogP contribution in [0.15, 0.2) is 0 Å². The molecule has 0 aromatic carbocycles. The first-order valence-corrected chi connectivity index (χ1v) is 4.92. The van der Waals surface area contributed by atoms with E-state index in [4.69, 9.17) is 0 Å². The summed E-state index contributed by atoms with van der Waals surface area (Å²) >= 11 is 0. The molecule has 0 unspecified atom stereocenters. The lowest BCUT2D eigenvalue weighted by Crippen LogP contribution is -2.35. The summed E-state index contributed by atoms with van der Waals surface area (Å²) in [5.74, 6) is -1.55. The normalized spacial score (nSPS) is 30.7. The Kier molecular flexibility index (Phi) is 4.08. The van der Waals surface area contributed by atoms with Gasteiger partial charge < -0.3 is 14.6 Å². The van der Waals surface area contributed by atoms with Gasteiger partial charge in [-0.25, -0.2) is 0 Å². The molecule has 0 spiro atoms. The van der Waals surface area contributed by atoms with Crippen molar-refractivity contribution < 1.29 is 24.2 Å². The van der Waals surface area contributed by atoms with Crippen molar-refractivity contribution in [1.82, 2.24) is 0 Å². The Balaban J connectivity index is 2.63. The van der Waals surface area contributed by atoms with Gasteiger partial charge in [-0.05, 0) is 19.3 Å². The number of ether oxygens (including phenoxy) is 2. The zero-order chi connectivity index (χ0) is 11.4. The van der Waals surface area contributed by atoms with Crippen LogP contribution >= 0.6 is 0 Å². The summed E-state index contributed by atoms with van der Waals surface area (Å²) in [4.78, 5) is 22.6. The Morgan fingerprint density at radius 3 is 1.73 bits per heavy atom. The molecule has 0 radical (unpaired) electrons. The Morgan fingerprint density at radius 1 is 1.00 bits per heavy atom. The van der Waals surface area contributed by atoms with E-state index in [1.54, 1.807) is 0 Å². The van der Waals surface area contributed by atoms with Crippen LogP contribution in [0, 0.1) is 11.8 Å². The molecule has 86 valence electrons. The van der Waals surface area contributed by atoms with Crippen LogP contribution in [0.5, 0.6) is 0 Å². The highest BCUT2D eigenvalue weighted by molar-refractivity contribution is 5.76. The van der Waals surface area contributed by atoms with Gasteiger partial charge in [-0.2, -0.15) is 0 Å². The van der Waals surface area contributed by atoms with Crippen LogP contribution in [0.2, 0.25) is 0 Å². The molecule has 5 heteroatoms. The van der Waals surface area contributed by atoms with Crippen molar-refractivity contribution in [3.8, 4) is 0 Å². The predicted molar refractivity (Wildman–Crippen MR) is 50.9 cm³/mol. The second kappa shape index (κ2) is 5.11. The smallest absolute Gasteiger partial charge is 0.308 e. The van der Waals surface area contributed by atoms with Crippen molar-refractivity contribution in [3.63, 3.8) is 0 Å². The molecule has 1 aliphatic rings. The fourth-order valence-corrected chi connectivity index (χ4v) is 2.01. The average Bonchev–Trinajstić information content (AvgIpc) is 2.26. The third-order valence-corrected chi connectivity index (χ3v) is 2.75. The van der Waals surface area contributed by atoms with E-state index in [0.717, 1.165) is 0 Å². The Hall–Kier alpha value is -1.10. The number of carbonyl (C=O) groups excluding carboxylic acids is 2. The number of rotatable bonds is 2. The van der Waals surface area contributed by atoms with E-state index in [2.05, 4.69) is 9.47 Å². The van der Waals surface area contributed by atoms with E-state index >= 15 is 0 Å². The van der Waals surface area contributed by atoms with Gasteiger partial charge in [-0.1, -0.05) is 0 Å². The van der Waals surface area contributed by atoms with E-state index in [9.17, 15) is 14.7 Å². The number of carbonyl (C=O) groups is 2. The van der Waals surface area contributed by atoms with Crippen molar-refractivity contribution >= 4 is 11.9 Å². The molecule has 0 heterocycles. The Labute approximate surface area is 88.4 Å². The summed E-state index contributed by atoms with van der Waals surface area (Å²) < 4.78 is 9.20. The zero-order valence-electron chi connectivity index (χ0n) is 8.93. The maximum Gasteiger partial charge on any atom is 0.308 e. The first-order valence-electron chi connectivity index (χ1n) is 4.92. The first kappa shape index (κ1) is 12.0. The number of esters is 2. The van der Waals surface area contributed by atoms with Crippen molar-refractivity contribution in [2.45, 2.75) is 25.4 Å². The Bertz CT molecular complexity index is 226.